The molecule has 10 heteroatoms. The van der Waals surface area contributed by atoms with Crippen molar-refractivity contribution in [2.45, 2.75) is 30.4 Å². The van der Waals surface area contributed by atoms with Gasteiger partial charge in [0, 0.05) is 37.3 Å². The summed E-state index contributed by atoms with van der Waals surface area (Å²) >= 11 is 0. The van der Waals surface area contributed by atoms with Crippen LogP contribution in [-0.4, -0.2) is 54.0 Å². The predicted octanol–water partition coefficient (Wildman–Crippen LogP) is 2.12. The summed E-state index contributed by atoms with van der Waals surface area (Å²) in [5.74, 6) is 1.54. The van der Waals surface area contributed by atoms with Gasteiger partial charge in [-0.1, -0.05) is 5.16 Å². The summed E-state index contributed by atoms with van der Waals surface area (Å²) in [6, 6.07) is 8.15. The van der Waals surface area contributed by atoms with Crippen LogP contribution in [0.1, 0.15) is 18.7 Å². The van der Waals surface area contributed by atoms with Crippen molar-refractivity contribution in [3.8, 4) is 11.5 Å². The van der Waals surface area contributed by atoms with E-state index in [2.05, 4.69) is 25.0 Å². The van der Waals surface area contributed by atoms with E-state index < -0.39 is 9.84 Å². The molecule has 1 aliphatic heterocycles. The zero-order valence-corrected chi connectivity index (χ0v) is 16.7. The number of aromatic nitrogens is 4. The van der Waals surface area contributed by atoms with Crippen LogP contribution in [-0.2, 0) is 21.2 Å². The highest BCUT2D eigenvalue weighted by Gasteiger charge is 2.22. The molecule has 0 radical (unpaired) electrons. The molecule has 0 bridgehead atoms. The number of hydrogen-bond donors (Lipinski definition) is 0. The molecule has 3 heterocycles. The lowest BCUT2D eigenvalue weighted by molar-refractivity contribution is 0.0206. The van der Waals surface area contributed by atoms with Crippen molar-refractivity contribution in [3.05, 3.63) is 48.5 Å². The zero-order chi connectivity index (χ0) is 20.3. The molecule has 0 unspecified atom stereocenters. The second-order valence-corrected chi connectivity index (χ2v) is 8.87. The van der Waals surface area contributed by atoms with E-state index in [9.17, 15) is 8.42 Å². The monoisotopic (exact) mass is 415 g/mol. The predicted molar refractivity (Wildman–Crippen MR) is 105 cm³/mol. The van der Waals surface area contributed by atoms with E-state index >= 15 is 0 Å². The van der Waals surface area contributed by atoms with Crippen molar-refractivity contribution in [2.24, 2.45) is 0 Å². The molecule has 1 fully saturated rings. The van der Waals surface area contributed by atoms with Crippen LogP contribution in [0.25, 0.3) is 11.5 Å². The molecule has 9 nitrogen and oxygen atoms in total. The normalized spacial score (nSPS) is 15.6. The quantitative estimate of drug-likeness (QED) is 0.597. The van der Waals surface area contributed by atoms with Gasteiger partial charge in [0.2, 0.25) is 5.95 Å². The summed E-state index contributed by atoms with van der Waals surface area (Å²) < 4.78 is 34.3. The summed E-state index contributed by atoms with van der Waals surface area (Å²) in [4.78, 5) is 15.3. The van der Waals surface area contributed by atoms with Gasteiger partial charge in [0.1, 0.15) is 6.61 Å². The maximum atomic E-state index is 11.5. The highest BCUT2D eigenvalue weighted by atomic mass is 32.2. The Kier molecular flexibility index (Phi) is 5.54. The van der Waals surface area contributed by atoms with Crippen LogP contribution in [0, 0.1) is 0 Å². The first-order chi connectivity index (χ1) is 14.0. The molecule has 29 heavy (non-hydrogen) atoms. The molecular weight excluding hydrogens is 394 g/mol. The highest BCUT2D eigenvalue weighted by molar-refractivity contribution is 7.90. The number of rotatable bonds is 6. The lowest BCUT2D eigenvalue weighted by Gasteiger charge is -2.31. The molecule has 1 saturated heterocycles. The van der Waals surface area contributed by atoms with E-state index in [0.29, 0.717) is 17.3 Å². The second-order valence-electron chi connectivity index (χ2n) is 6.86. The number of hydrogen-bond acceptors (Lipinski definition) is 9. The van der Waals surface area contributed by atoms with Crippen molar-refractivity contribution in [3.63, 3.8) is 0 Å². The maximum absolute atomic E-state index is 11.5. The first kappa shape index (κ1) is 19.5. The van der Waals surface area contributed by atoms with E-state index in [-0.39, 0.29) is 17.6 Å². The third-order valence-corrected chi connectivity index (χ3v) is 5.85. The lowest BCUT2D eigenvalue weighted by atomic mass is 10.1. The maximum Gasteiger partial charge on any atom is 0.258 e. The molecule has 0 atom stereocenters. The molecule has 2 aromatic heterocycles. The summed E-state index contributed by atoms with van der Waals surface area (Å²) in [5, 5.41) is 3.95. The Hall–Kier alpha value is -2.85. The number of piperidine rings is 1. The first-order valence-corrected chi connectivity index (χ1v) is 11.1. The summed E-state index contributed by atoms with van der Waals surface area (Å²) in [5.41, 5.74) is 0.660. The van der Waals surface area contributed by atoms with Crippen molar-refractivity contribution in [2.75, 3.05) is 24.2 Å². The van der Waals surface area contributed by atoms with Gasteiger partial charge >= 0.3 is 0 Å². The van der Waals surface area contributed by atoms with Crippen LogP contribution in [0.2, 0.25) is 0 Å². The summed E-state index contributed by atoms with van der Waals surface area (Å²) in [6.07, 6.45) is 6.51. The summed E-state index contributed by atoms with van der Waals surface area (Å²) in [7, 11) is -3.24. The number of ether oxygens (including phenoxy) is 1. The molecule has 0 saturated carbocycles. The molecule has 0 N–H and O–H groups in total. The van der Waals surface area contributed by atoms with Crippen LogP contribution < -0.4 is 4.90 Å². The van der Waals surface area contributed by atoms with Gasteiger partial charge in [-0.2, -0.15) is 4.98 Å². The average molecular weight is 415 g/mol. The summed E-state index contributed by atoms with van der Waals surface area (Å²) in [6.45, 7) is 1.93. The van der Waals surface area contributed by atoms with Gasteiger partial charge in [0.15, 0.2) is 15.7 Å². The number of nitrogens with zero attached hydrogens (tertiary/aromatic N) is 5. The third kappa shape index (κ3) is 4.77. The Labute approximate surface area is 168 Å². The van der Waals surface area contributed by atoms with E-state index in [1.807, 2.05) is 0 Å². The first-order valence-electron chi connectivity index (χ1n) is 9.26. The standard InChI is InChI=1S/C19H21N5O4S/c1-29(25,26)16-5-3-14(4-6-16)18-22-17(23-28-18)13-27-15-7-11-24(12-8-15)19-20-9-2-10-21-19/h2-6,9-10,15H,7-8,11-13H2,1H3. The Morgan fingerprint density at radius 1 is 1.14 bits per heavy atom. The fourth-order valence-electron chi connectivity index (χ4n) is 3.14. The minimum atomic E-state index is -3.24. The minimum Gasteiger partial charge on any atom is -0.370 e. The number of anilines is 1. The highest BCUT2D eigenvalue weighted by Crippen LogP contribution is 2.21. The molecule has 0 aliphatic carbocycles. The van der Waals surface area contributed by atoms with Gasteiger partial charge in [0.25, 0.3) is 5.89 Å². The third-order valence-electron chi connectivity index (χ3n) is 4.72. The van der Waals surface area contributed by atoms with Crippen LogP contribution in [0.4, 0.5) is 5.95 Å². The molecule has 152 valence electrons. The van der Waals surface area contributed by atoms with E-state index in [0.717, 1.165) is 31.9 Å². The molecule has 3 aromatic rings. The smallest absolute Gasteiger partial charge is 0.258 e. The molecule has 4 rings (SSSR count). The van der Waals surface area contributed by atoms with Crippen LogP contribution in [0.15, 0.2) is 52.1 Å². The molecule has 1 aromatic carbocycles. The van der Waals surface area contributed by atoms with E-state index in [4.69, 9.17) is 9.26 Å². The van der Waals surface area contributed by atoms with Crippen LogP contribution in [0.3, 0.4) is 0 Å². The minimum absolute atomic E-state index is 0.117. The van der Waals surface area contributed by atoms with E-state index in [1.165, 1.54) is 18.4 Å². The fourth-order valence-corrected chi connectivity index (χ4v) is 3.77. The van der Waals surface area contributed by atoms with Crippen molar-refractivity contribution < 1.29 is 17.7 Å². The van der Waals surface area contributed by atoms with Gasteiger partial charge < -0.3 is 14.2 Å². The lowest BCUT2D eigenvalue weighted by Crippen LogP contribution is -2.37. The Morgan fingerprint density at radius 3 is 2.48 bits per heavy atom. The Morgan fingerprint density at radius 2 is 1.83 bits per heavy atom. The van der Waals surface area contributed by atoms with Crippen molar-refractivity contribution in [1.29, 1.82) is 0 Å². The molecule has 0 amide bonds. The van der Waals surface area contributed by atoms with Gasteiger partial charge in [-0.15, -0.1) is 0 Å². The topological polar surface area (TPSA) is 111 Å². The molecular formula is C19H21N5O4S. The number of benzene rings is 1. The largest absolute Gasteiger partial charge is 0.370 e. The Bertz CT molecular complexity index is 1050. The van der Waals surface area contributed by atoms with Gasteiger partial charge in [-0.25, -0.2) is 18.4 Å². The van der Waals surface area contributed by atoms with Crippen molar-refractivity contribution >= 4 is 15.8 Å². The Balaban J connectivity index is 1.30. The van der Waals surface area contributed by atoms with Gasteiger partial charge in [-0.05, 0) is 43.2 Å². The molecule has 0 spiro atoms. The SMILES string of the molecule is CS(=O)(=O)c1ccc(-c2nc(COC3CCN(c4ncccn4)CC3)no2)cc1. The van der Waals surface area contributed by atoms with Crippen LogP contribution in [0.5, 0.6) is 0 Å². The van der Waals surface area contributed by atoms with Crippen molar-refractivity contribution in [1.82, 2.24) is 20.1 Å². The average Bonchev–Trinajstić information content (AvgIpc) is 3.22. The fraction of sp³-hybridized carbons (Fsp3) is 0.368. The van der Waals surface area contributed by atoms with E-state index in [1.54, 1.807) is 30.6 Å². The van der Waals surface area contributed by atoms with Gasteiger partial charge in [-0.3, -0.25) is 0 Å². The van der Waals surface area contributed by atoms with Crippen LogP contribution >= 0.6 is 0 Å². The number of sulfone groups is 1. The van der Waals surface area contributed by atoms with Gasteiger partial charge in [0.05, 0.1) is 11.0 Å². The molecule has 1 aliphatic rings. The second kappa shape index (κ2) is 8.26. The zero-order valence-electron chi connectivity index (χ0n) is 15.9.